The van der Waals surface area contributed by atoms with E-state index in [0.717, 1.165) is 5.39 Å². The minimum Gasteiger partial charge on any atom is -0.497 e. The molecule has 0 saturated heterocycles. The van der Waals surface area contributed by atoms with Gasteiger partial charge in [-0.3, -0.25) is 9.78 Å². The summed E-state index contributed by atoms with van der Waals surface area (Å²) in [6, 6.07) is 15.7. The van der Waals surface area contributed by atoms with E-state index in [1.54, 1.807) is 43.6 Å². The number of carbonyl (C=O) groups excluding carboxylic acids is 2. The second-order valence-corrected chi connectivity index (χ2v) is 5.47. The van der Waals surface area contributed by atoms with Gasteiger partial charge in [-0.1, -0.05) is 24.3 Å². The van der Waals surface area contributed by atoms with Crippen LogP contribution in [-0.4, -0.2) is 30.6 Å². The van der Waals surface area contributed by atoms with E-state index in [1.165, 1.54) is 0 Å². The number of anilines is 2. The Balaban J connectivity index is 1.55. The van der Waals surface area contributed by atoms with Crippen molar-refractivity contribution in [3.63, 3.8) is 0 Å². The predicted octanol–water partition coefficient (Wildman–Crippen LogP) is 3.00. The molecule has 132 valence electrons. The molecule has 3 amide bonds. The van der Waals surface area contributed by atoms with Gasteiger partial charge >= 0.3 is 6.03 Å². The molecule has 0 saturated carbocycles. The number of rotatable bonds is 5. The van der Waals surface area contributed by atoms with Gasteiger partial charge in [-0.2, -0.15) is 0 Å². The van der Waals surface area contributed by atoms with E-state index in [0.29, 0.717) is 22.6 Å². The molecule has 26 heavy (non-hydrogen) atoms. The molecule has 3 rings (SSSR count). The Morgan fingerprint density at radius 1 is 1.04 bits per heavy atom. The number of fused-ring (bicyclic) bond motifs is 1. The lowest BCUT2D eigenvalue weighted by atomic mass is 10.2. The van der Waals surface area contributed by atoms with Crippen molar-refractivity contribution in [3.8, 4) is 5.75 Å². The Labute approximate surface area is 150 Å². The molecular weight excluding hydrogens is 332 g/mol. The highest BCUT2D eigenvalue weighted by Crippen LogP contribution is 2.20. The summed E-state index contributed by atoms with van der Waals surface area (Å²) in [5.41, 5.74) is 1.87. The summed E-state index contributed by atoms with van der Waals surface area (Å²) in [6.45, 7) is -0.168. The van der Waals surface area contributed by atoms with E-state index in [1.807, 2.05) is 24.3 Å². The highest BCUT2D eigenvalue weighted by Gasteiger charge is 2.09. The average Bonchev–Trinajstić information content (AvgIpc) is 2.67. The lowest BCUT2D eigenvalue weighted by molar-refractivity contribution is -0.115. The number of para-hydroxylation sites is 1. The van der Waals surface area contributed by atoms with Gasteiger partial charge in [0.1, 0.15) is 5.75 Å². The smallest absolute Gasteiger partial charge is 0.319 e. The maximum absolute atomic E-state index is 12.1. The minimum absolute atomic E-state index is 0.168. The van der Waals surface area contributed by atoms with E-state index >= 15 is 0 Å². The second-order valence-electron chi connectivity index (χ2n) is 5.47. The average molecular weight is 350 g/mol. The topological polar surface area (TPSA) is 92.4 Å². The highest BCUT2D eigenvalue weighted by atomic mass is 16.5. The quantitative estimate of drug-likeness (QED) is 0.659. The van der Waals surface area contributed by atoms with Crippen LogP contribution in [0.25, 0.3) is 10.9 Å². The number of hydrogen-bond acceptors (Lipinski definition) is 4. The number of pyridine rings is 1. The molecule has 7 heteroatoms. The van der Waals surface area contributed by atoms with Gasteiger partial charge in [0.2, 0.25) is 5.91 Å². The van der Waals surface area contributed by atoms with Crippen molar-refractivity contribution in [2.24, 2.45) is 0 Å². The Hall–Kier alpha value is -3.61. The first-order valence-electron chi connectivity index (χ1n) is 7.98. The molecule has 0 fully saturated rings. The molecular formula is C19H18N4O3. The normalized spacial score (nSPS) is 10.2. The number of nitrogens with one attached hydrogen (secondary N) is 3. The molecule has 0 bridgehead atoms. The third-order valence-corrected chi connectivity index (χ3v) is 3.64. The fourth-order valence-corrected chi connectivity index (χ4v) is 2.44. The number of aromatic nitrogens is 1. The van der Waals surface area contributed by atoms with Crippen molar-refractivity contribution in [2.45, 2.75) is 0 Å². The van der Waals surface area contributed by atoms with Gasteiger partial charge in [-0.05, 0) is 24.3 Å². The van der Waals surface area contributed by atoms with Crippen molar-refractivity contribution >= 4 is 34.2 Å². The number of hydrogen-bond donors (Lipinski definition) is 3. The van der Waals surface area contributed by atoms with Crippen molar-refractivity contribution in [1.82, 2.24) is 10.3 Å². The lowest BCUT2D eigenvalue weighted by Gasteiger charge is -2.10. The second kappa shape index (κ2) is 7.98. The minimum atomic E-state index is -0.482. The number of ether oxygens (including phenoxy) is 1. The molecule has 0 aliphatic heterocycles. The number of amides is 3. The van der Waals surface area contributed by atoms with Gasteiger partial charge in [-0.15, -0.1) is 0 Å². The molecule has 1 aromatic heterocycles. The molecule has 0 aliphatic rings. The van der Waals surface area contributed by atoms with Crippen LogP contribution in [0.15, 0.2) is 60.8 Å². The molecule has 0 aliphatic carbocycles. The van der Waals surface area contributed by atoms with Crippen LogP contribution in [0.3, 0.4) is 0 Å². The van der Waals surface area contributed by atoms with Crippen molar-refractivity contribution in [1.29, 1.82) is 0 Å². The van der Waals surface area contributed by atoms with Crippen molar-refractivity contribution < 1.29 is 14.3 Å². The molecule has 3 aromatic rings. The number of methoxy groups -OCH3 is 1. The van der Waals surface area contributed by atoms with E-state index in [-0.39, 0.29) is 12.5 Å². The van der Waals surface area contributed by atoms with Crippen LogP contribution >= 0.6 is 0 Å². The van der Waals surface area contributed by atoms with E-state index in [4.69, 9.17) is 4.74 Å². The van der Waals surface area contributed by atoms with Crippen LogP contribution in [0.5, 0.6) is 5.75 Å². The van der Waals surface area contributed by atoms with E-state index in [2.05, 4.69) is 20.9 Å². The first-order chi connectivity index (χ1) is 12.7. The Morgan fingerprint density at radius 3 is 2.69 bits per heavy atom. The van der Waals surface area contributed by atoms with Crippen LogP contribution in [-0.2, 0) is 4.79 Å². The molecule has 1 heterocycles. The molecule has 7 nitrogen and oxygen atoms in total. The monoisotopic (exact) mass is 350 g/mol. The Bertz CT molecular complexity index is 937. The number of urea groups is 1. The highest BCUT2D eigenvalue weighted by molar-refractivity contribution is 6.02. The van der Waals surface area contributed by atoms with Crippen LogP contribution in [0.2, 0.25) is 0 Å². The first-order valence-corrected chi connectivity index (χ1v) is 7.98. The zero-order valence-corrected chi connectivity index (χ0v) is 14.2. The molecule has 0 atom stereocenters. The first kappa shape index (κ1) is 17.2. The van der Waals surface area contributed by atoms with Gasteiger partial charge in [0.15, 0.2) is 0 Å². The molecule has 3 N–H and O–H groups in total. The maximum Gasteiger partial charge on any atom is 0.319 e. The van der Waals surface area contributed by atoms with Gasteiger partial charge in [-0.25, -0.2) is 4.79 Å². The Morgan fingerprint density at radius 2 is 1.85 bits per heavy atom. The summed E-state index contributed by atoms with van der Waals surface area (Å²) in [5.74, 6) is 0.285. The molecule has 0 unspecified atom stereocenters. The number of nitrogens with zero attached hydrogens (tertiary/aromatic N) is 1. The van der Waals surface area contributed by atoms with Crippen LogP contribution < -0.4 is 20.7 Å². The maximum atomic E-state index is 12.1. The number of benzene rings is 2. The third kappa shape index (κ3) is 4.27. The van der Waals surface area contributed by atoms with Crippen molar-refractivity contribution in [2.75, 3.05) is 24.3 Å². The fraction of sp³-hybridized carbons (Fsp3) is 0.105. The van der Waals surface area contributed by atoms with Gasteiger partial charge < -0.3 is 20.7 Å². The predicted molar refractivity (Wildman–Crippen MR) is 100 cm³/mol. The summed E-state index contributed by atoms with van der Waals surface area (Å²) in [5, 5.41) is 8.84. The van der Waals surface area contributed by atoms with Gasteiger partial charge in [0.25, 0.3) is 0 Å². The molecule has 0 radical (unpaired) electrons. The lowest BCUT2D eigenvalue weighted by Crippen LogP contribution is -2.35. The summed E-state index contributed by atoms with van der Waals surface area (Å²) >= 11 is 0. The summed E-state index contributed by atoms with van der Waals surface area (Å²) < 4.78 is 5.09. The zero-order chi connectivity index (χ0) is 18.4. The molecule has 2 aromatic carbocycles. The van der Waals surface area contributed by atoms with Gasteiger partial charge in [0, 0.05) is 23.3 Å². The molecule has 0 spiro atoms. The van der Waals surface area contributed by atoms with Gasteiger partial charge in [0.05, 0.1) is 24.9 Å². The van der Waals surface area contributed by atoms with Crippen LogP contribution in [0.4, 0.5) is 16.2 Å². The van der Waals surface area contributed by atoms with E-state index < -0.39 is 6.03 Å². The van der Waals surface area contributed by atoms with Crippen molar-refractivity contribution in [3.05, 3.63) is 60.8 Å². The standard InChI is InChI=1S/C19H18N4O3/c1-26-15-8-3-7-14(11-15)22-19(25)21-12-17(24)23-16-9-2-5-13-6-4-10-20-18(13)16/h2-11H,12H2,1H3,(H,23,24)(H2,21,22,25). The zero-order valence-electron chi connectivity index (χ0n) is 14.2. The summed E-state index contributed by atoms with van der Waals surface area (Å²) in [4.78, 5) is 28.3. The fourth-order valence-electron chi connectivity index (χ4n) is 2.44. The van der Waals surface area contributed by atoms with Crippen LogP contribution in [0, 0.1) is 0 Å². The third-order valence-electron chi connectivity index (χ3n) is 3.64. The van der Waals surface area contributed by atoms with E-state index in [9.17, 15) is 9.59 Å². The summed E-state index contributed by atoms with van der Waals surface area (Å²) in [6.07, 6.45) is 1.66. The SMILES string of the molecule is COc1cccc(NC(=O)NCC(=O)Nc2cccc3cccnc23)c1. The summed E-state index contributed by atoms with van der Waals surface area (Å²) in [7, 11) is 1.55. The number of carbonyl (C=O) groups is 2. The van der Waals surface area contributed by atoms with Crippen LogP contribution in [0.1, 0.15) is 0 Å². The Kier molecular flexibility index (Phi) is 5.28. The largest absolute Gasteiger partial charge is 0.497 e.